The van der Waals surface area contributed by atoms with Gasteiger partial charge in [-0.1, -0.05) is 11.1 Å². The fourth-order valence-corrected chi connectivity index (χ4v) is 2.79. The lowest BCUT2D eigenvalue weighted by atomic mass is 10.2. The monoisotopic (exact) mass is 324 g/mol. The minimum absolute atomic E-state index is 0.212. The number of nitrogen functional groups attached to an aromatic ring is 1. The van der Waals surface area contributed by atoms with Crippen molar-refractivity contribution in [3.05, 3.63) is 45.9 Å². The molecule has 0 bridgehead atoms. The minimum atomic E-state index is -0.212. The van der Waals surface area contributed by atoms with E-state index in [4.69, 9.17) is 10.5 Å². The van der Waals surface area contributed by atoms with Crippen LogP contribution in [0.15, 0.2) is 29.2 Å². The van der Waals surface area contributed by atoms with Crippen molar-refractivity contribution in [3.63, 3.8) is 0 Å². The van der Waals surface area contributed by atoms with Crippen LogP contribution in [0.1, 0.15) is 17.5 Å². The standard InChI is InChI=1S/C17H17N5O2/c1-11-5-3-6-22-15(11)20-16-13(17(22)23)9-12(10-18)14(19)21(16)7-4-8-24-2/h3,5-6,9,19H,4,7-8H2,1-2H3/p+1. The van der Waals surface area contributed by atoms with Crippen LogP contribution in [0.5, 0.6) is 0 Å². The van der Waals surface area contributed by atoms with E-state index in [9.17, 15) is 10.1 Å². The highest BCUT2D eigenvalue weighted by Crippen LogP contribution is 2.15. The Bertz CT molecular complexity index is 1030. The van der Waals surface area contributed by atoms with Gasteiger partial charge in [-0.2, -0.15) is 5.26 Å². The summed E-state index contributed by atoms with van der Waals surface area (Å²) in [7, 11) is 1.62. The van der Waals surface area contributed by atoms with E-state index in [2.05, 4.69) is 11.1 Å². The summed E-state index contributed by atoms with van der Waals surface area (Å²) in [5, 5.41) is 9.70. The smallest absolute Gasteiger partial charge is 0.278 e. The highest BCUT2D eigenvalue weighted by molar-refractivity contribution is 5.77. The van der Waals surface area contributed by atoms with Crippen LogP contribution in [0.2, 0.25) is 0 Å². The maximum absolute atomic E-state index is 12.8. The van der Waals surface area contributed by atoms with Crippen molar-refractivity contribution in [1.29, 1.82) is 5.26 Å². The molecule has 0 radical (unpaired) electrons. The number of nitrogens with two attached hydrogens (primary N) is 1. The Hall–Kier alpha value is -2.98. The molecule has 0 fully saturated rings. The van der Waals surface area contributed by atoms with E-state index >= 15 is 0 Å². The SMILES string of the molecule is COCCC[n+]1c(N)c(C#N)cc2c(=O)n3cccc(C)c3nc21. The van der Waals surface area contributed by atoms with E-state index in [1.165, 1.54) is 10.5 Å². The second kappa shape index (κ2) is 6.26. The number of nitrogens with zero attached hydrogens (tertiary/aromatic N) is 4. The predicted octanol–water partition coefficient (Wildman–Crippen LogP) is 0.934. The van der Waals surface area contributed by atoms with Crippen LogP contribution < -0.4 is 15.9 Å². The van der Waals surface area contributed by atoms with Crippen molar-refractivity contribution in [1.82, 2.24) is 9.38 Å². The van der Waals surface area contributed by atoms with Gasteiger partial charge in [0.05, 0.1) is 6.54 Å². The van der Waals surface area contributed by atoms with Crippen LogP contribution in [0.3, 0.4) is 0 Å². The van der Waals surface area contributed by atoms with E-state index < -0.39 is 0 Å². The molecule has 3 heterocycles. The quantitative estimate of drug-likeness (QED) is 0.437. The molecule has 0 atom stereocenters. The lowest BCUT2D eigenvalue weighted by Crippen LogP contribution is -2.41. The topological polar surface area (TPSA) is 97.3 Å². The summed E-state index contributed by atoms with van der Waals surface area (Å²) in [6.45, 7) is 2.96. The normalized spacial score (nSPS) is 11.0. The lowest BCUT2D eigenvalue weighted by Gasteiger charge is -2.09. The van der Waals surface area contributed by atoms with Gasteiger partial charge in [0.25, 0.3) is 11.2 Å². The molecule has 7 nitrogen and oxygen atoms in total. The highest BCUT2D eigenvalue weighted by Gasteiger charge is 2.21. The van der Waals surface area contributed by atoms with Gasteiger partial charge in [0, 0.05) is 31.9 Å². The Kier molecular flexibility index (Phi) is 4.15. The van der Waals surface area contributed by atoms with Gasteiger partial charge in [0.2, 0.25) is 11.5 Å². The first kappa shape index (κ1) is 15.9. The van der Waals surface area contributed by atoms with Crippen LogP contribution in [-0.2, 0) is 11.3 Å². The average molecular weight is 324 g/mol. The van der Waals surface area contributed by atoms with E-state index in [-0.39, 0.29) is 11.1 Å². The molecule has 0 spiro atoms. The number of hydrogen-bond acceptors (Lipinski definition) is 5. The number of anilines is 1. The molecule has 7 heteroatoms. The minimum Gasteiger partial charge on any atom is -0.385 e. The Morgan fingerprint density at radius 1 is 1.50 bits per heavy atom. The Labute approximate surface area is 138 Å². The number of fused-ring (bicyclic) bond motifs is 2. The first-order chi connectivity index (χ1) is 11.6. The van der Waals surface area contributed by atoms with Crippen LogP contribution >= 0.6 is 0 Å². The molecule has 0 aliphatic rings. The molecule has 24 heavy (non-hydrogen) atoms. The zero-order valence-corrected chi connectivity index (χ0v) is 13.6. The molecule has 0 saturated heterocycles. The molecular weight excluding hydrogens is 306 g/mol. The summed E-state index contributed by atoms with van der Waals surface area (Å²) >= 11 is 0. The molecule has 0 aliphatic heterocycles. The molecule has 3 rings (SSSR count). The third kappa shape index (κ3) is 2.47. The summed E-state index contributed by atoms with van der Waals surface area (Å²) < 4.78 is 8.30. The number of rotatable bonds is 4. The third-order valence-corrected chi connectivity index (χ3v) is 4.03. The fourth-order valence-electron chi connectivity index (χ4n) is 2.79. The second-order valence-electron chi connectivity index (χ2n) is 5.59. The van der Waals surface area contributed by atoms with E-state index in [1.807, 2.05) is 13.0 Å². The molecule has 3 aromatic rings. The molecule has 0 unspecified atom stereocenters. The van der Waals surface area contributed by atoms with E-state index in [1.54, 1.807) is 23.9 Å². The van der Waals surface area contributed by atoms with Crippen LogP contribution in [0.4, 0.5) is 5.82 Å². The van der Waals surface area contributed by atoms with Crippen molar-refractivity contribution in [2.45, 2.75) is 19.9 Å². The number of pyridine rings is 2. The van der Waals surface area contributed by atoms with Gasteiger partial charge in [-0.05, 0) is 19.1 Å². The number of hydrogen-bond donors (Lipinski definition) is 1. The largest absolute Gasteiger partial charge is 0.385 e. The molecule has 0 saturated carbocycles. The van der Waals surface area contributed by atoms with Crippen LogP contribution in [-0.4, -0.2) is 23.1 Å². The van der Waals surface area contributed by atoms with Crippen molar-refractivity contribution in [2.24, 2.45) is 0 Å². The molecule has 3 aromatic heterocycles. The molecular formula is C17H18N5O2+. The van der Waals surface area contributed by atoms with Gasteiger partial charge in [0.1, 0.15) is 17.0 Å². The van der Waals surface area contributed by atoms with Gasteiger partial charge in [-0.15, -0.1) is 0 Å². The fraction of sp³-hybridized carbons (Fsp3) is 0.294. The van der Waals surface area contributed by atoms with Gasteiger partial charge < -0.3 is 10.5 Å². The summed E-state index contributed by atoms with van der Waals surface area (Å²) in [4.78, 5) is 17.5. The Balaban J connectivity index is 2.40. The number of methoxy groups -OCH3 is 1. The number of ether oxygens (including phenoxy) is 1. The lowest BCUT2D eigenvalue weighted by molar-refractivity contribution is -0.659. The molecule has 2 N–H and O–H groups in total. The number of nitriles is 1. The Morgan fingerprint density at radius 2 is 2.29 bits per heavy atom. The van der Waals surface area contributed by atoms with Gasteiger partial charge >= 0.3 is 0 Å². The van der Waals surface area contributed by atoms with E-state index in [0.717, 1.165) is 5.56 Å². The van der Waals surface area contributed by atoms with Crippen molar-refractivity contribution < 1.29 is 9.30 Å². The van der Waals surface area contributed by atoms with Gasteiger partial charge in [-0.25, -0.2) is 4.57 Å². The first-order valence-corrected chi connectivity index (χ1v) is 7.61. The van der Waals surface area contributed by atoms with Gasteiger partial charge in [0.15, 0.2) is 0 Å². The molecule has 0 aromatic carbocycles. The average Bonchev–Trinajstić information content (AvgIpc) is 2.58. The van der Waals surface area contributed by atoms with Crippen molar-refractivity contribution in [3.8, 4) is 6.07 Å². The molecule has 0 amide bonds. The first-order valence-electron chi connectivity index (χ1n) is 7.61. The Morgan fingerprint density at radius 3 is 3.00 bits per heavy atom. The molecule has 0 aliphatic carbocycles. The summed E-state index contributed by atoms with van der Waals surface area (Å²) in [6.07, 6.45) is 2.37. The van der Waals surface area contributed by atoms with Gasteiger partial charge in [-0.3, -0.25) is 9.20 Å². The van der Waals surface area contributed by atoms with Crippen molar-refractivity contribution >= 4 is 22.5 Å². The zero-order chi connectivity index (χ0) is 17.3. The zero-order valence-electron chi connectivity index (χ0n) is 13.6. The molecule has 122 valence electrons. The highest BCUT2D eigenvalue weighted by atomic mass is 16.5. The van der Waals surface area contributed by atoms with Crippen LogP contribution in [0, 0.1) is 18.3 Å². The maximum atomic E-state index is 12.8. The maximum Gasteiger partial charge on any atom is 0.278 e. The summed E-state index contributed by atoms with van der Waals surface area (Å²) in [6, 6.07) is 7.26. The van der Waals surface area contributed by atoms with Crippen LogP contribution in [0.25, 0.3) is 16.7 Å². The predicted molar refractivity (Wildman–Crippen MR) is 89.5 cm³/mol. The summed E-state index contributed by atoms with van der Waals surface area (Å²) in [5.41, 5.74) is 8.15. The number of aryl methyl sites for hydroxylation is 2. The summed E-state index contributed by atoms with van der Waals surface area (Å²) in [5.74, 6) is 0.311. The second-order valence-corrected chi connectivity index (χ2v) is 5.59. The van der Waals surface area contributed by atoms with E-state index in [0.29, 0.717) is 42.1 Å². The third-order valence-electron chi connectivity index (χ3n) is 4.03. The number of aromatic nitrogens is 3. The van der Waals surface area contributed by atoms with Crippen molar-refractivity contribution in [2.75, 3.05) is 19.5 Å².